The van der Waals surface area contributed by atoms with Gasteiger partial charge < -0.3 is 5.11 Å². The highest BCUT2D eigenvalue weighted by Crippen LogP contribution is 2.48. The van der Waals surface area contributed by atoms with Crippen molar-refractivity contribution >= 4 is 23.2 Å². The van der Waals surface area contributed by atoms with Crippen LogP contribution >= 0.6 is 23.2 Å². The van der Waals surface area contributed by atoms with Gasteiger partial charge in [0, 0.05) is 12.1 Å². The van der Waals surface area contributed by atoms with Gasteiger partial charge in [0.2, 0.25) is 5.60 Å². The van der Waals surface area contributed by atoms with Gasteiger partial charge >= 0.3 is 6.18 Å². The minimum absolute atomic E-state index is 0.00160. The van der Waals surface area contributed by atoms with Crippen LogP contribution < -0.4 is 0 Å². The molecule has 0 saturated carbocycles. The summed E-state index contributed by atoms with van der Waals surface area (Å²) >= 11 is 11.5. The van der Waals surface area contributed by atoms with Gasteiger partial charge in [0.1, 0.15) is 16.0 Å². The molecule has 2 aromatic heterocycles. The van der Waals surface area contributed by atoms with Crippen molar-refractivity contribution in [1.82, 2.24) is 15.0 Å². The number of aromatic nitrogens is 3. The van der Waals surface area contributed by atoms with Crippen molar-refractivity contribution in [2.24, 2.45) is 0 Å². The number of nitrogens with zero attached hydrogens (tertiary/aromatic N) is 3. The van der Waals surface area contributed by atoms with E-state index in [9.17, 15) is 18.3 Å². The lowest BCUT2D eigenvalue weighted by molar-refractivity contribution is -0.276. The Morgan fingerprint density at radius 3 is 2.26 bits per heavy atom. The fourth-order valence-electron chi connectivity index (χ4n) is 2.17. The van der Waals surface area contributed by atoms with Gasteiger partial charge in [0.25, 0.3) is 0 Å². The zero-order valence-electron chi connectivity index (χ0n) is 12.1. The van der Waals surface area contributed by atoms with Gasteiger partial charge in [0.05, 0.1) is 11.9 Å². The Morgan fingerprint density at radius 2 is 1.78 bits per heavy atom. The van der Waals surface area contributed by atoms with E-state index in [4.69, 9.17) is 23.2 Å². The van der Waals surface area contributed by atoms with Gasteiger partial charge in [-0.2, -0.15) is 13.2 Å². The number of aliphatic hydroxyl groups is 1. The van der Waals surface area contributed by atoms with Crippen LogP contribution in [0.1, 0.15) is 29.8 Å². The largest absolute Gasteiger partial charge is 0.423 e. The van der Waals surface area contributed by atoms with Crippen LogP contribution in [0.4, 0.5) is 13.2 Å². The average Bonchev–Trinajstić information content (AvgIpc) is 2.45. The monoisotopic (exact) mass is 365 g/mol. The van der Waals surface area contributed by atoms with Crippen LogP contribution in [0.25, 0.3) is 0 Å². The van der Waals surface area contributed by atoms with E-state index in [2.05, 4.69) is 15.0 Å². The number of hydrogen-bond donors (Lipinski definition) is 1. The van der Waals surface area contributed by atoms with E-state index < -0.39 is 23.4 Å². The molecule has 9 heteroatoms. The first-order chi connectivity index (χ1) is 10.6. The maximum absolute atomic E-state index is 13.6. The molecule has 23 heavy (non-hydrogen) atoms. The maximum atomic E-state index is 13.6. The quantitative estimate of drug-likeness (QED) is 0.833. The fourth-order valence-corrected chi connectivity index (χ4v) is 2.68. The number of hydrogen-bond acceptors (Lipinski definition) is 4. The molecule has 0 aliphatic carbocycles. The molecule has 0 aliphatic rings. The van der Waals surface area contributed by atoms with Crippen LogP contribution in [-0.2, 0) is 5.60 Å². The molecule has 1 N–H and O–H groups in total. The molecule has 0 aromatic carbocycles. The first-order valence-corrected chi connectivity index (χ1v) is 7.23. The highest BCUT2D eigenvalue weighted by molar-refractivity contribution is 6.32. The molecule has 0 aliphatic heterocycles. The smallest absolute Gasteiger partial charge is 0.375 e. The number of aryl methyl sites for hydroxylation is 1. The Hall–Kier alpha value is -1.44. The Morgan fingerprint density at radius 1 is 1.13 bits per heavy atom. The van der Waals surface area contributed by atoms with Gasteiger partial charge in [-0.25, -0.2) is 4.98 Å². The lowest BCUT2D eigenvalue weighted by Gasteiger charge is -2.35. The highest BCUT2D eigenvalue weighted by Gasteiger charge is 2.60. The Bertz CT molecular complexity index is 709. The minimum atomic E-state index is -5.00. The second-order valence-electron chi connectivity index (χ2n) is 5.04. The van der Waals surface area contributed by atoms with E-state index in [0.29, 0.717) is 5.69 Å². The first kappa shape index (κ1) is 17.9. The predicted molar refractivity (Wildman–Crippen MR) is 79.4 cm³/mol. The standard InChI is InChI=1S/C14H12Cl2F3N3O/c1-7-5-21-10(6-20-7)13(23,14(17,18)19)8(2)9-3-4-11(15)22-12(9)16/h3-6,8,23H,1-2H3. The number of rotatable bonds is 3. The molecule has 2 aromatic rings. The van der Waals surface area contributed by atoms with Gasteiger partial charge in [-0.05, 0) is 18.6 Å². The molecule has 2 heterocycles. The minimum Gasteiger partial charge on any atom is -0.375 e. The van der Waals surface area contributed by atoms with Gasteiger partial charge in [0.15, 0.2) is 0 Å². The molecule has 124 valence electrons. The van der Waals surface area contributed by atoms with E-state index in [1.807, 2.05) is 0 Å². The van der Waals surface area contributed by atoms with Crippen molar-refractivity contribution in [1.29, 1.82) is 0 Å². The lowest BCUT2D eigenvalue weighted by Crippen LogP contribution is -2.47. The summed E-state index contributed by atoms with van der Waals surface area (Å²) in [5.74, 6) is -1.48. The molecule has 4 nitrogen and oxygen atoms in total. The first-order valence-electron chi connectivity index (χ1n) is 6.47. The SMILES string of the molecule is Cc1cnc(C(O)(C(C)c2ccc(Cl)nc2Cl)C(F)(F)F)cn1. The summed E-state index contributed by atoms with van der Waals surface area (Å²) in [5.41, 5.74) is -3.46. The second-order valence-corrected chi connectivity index (χ2v) is 5.79. The van der Waals surface area contributed by atoms with Gasteiger partial charge in [-0.15, -0.1) is 0 Å². The van der Waals surface area contributed by atoms with Gasteiger partial charge in [-0.3, -0.25) is 9.97 Å². The zero-order chi connectivity index (χ0) is 17.4. The van der Waals surface area contributed by atoms with Crippen LogP contribution in [0.5, 0.6) is 0 Å². The third-order valence-corrected chi connectivity index (χ3v) is 4.05. The van der Waals surface area contributed by atoms with Crippen molar-refractivity contribution in [2.75, 3.05) is 0 Å². The molecule has 0 bridgehead atoms. The van der Waals surface area contributed by atoms with Crippen molar-refractivity contribution in [3.8, 4) is 0 Å². The summed E-state index contributed by atoms with van der Waals surface area (Å²) in [4.78, 5) is 11.2. The summed E-state index contributed by atoms with van der Waals surface area (Å²) in [6.07, 6.45) is -2.95. The summed E-state index contributed by atoms with van der Waals surface area (Å²) in [5, 5.41) is 10.3. The van der Waals surface area contributed by atoms with E-state index in [-0.39, 0.29) is 15.9 Å². The highest BCUT2D eigenvalue weighted by atomic mass is 35.5. The van der Waals surface area contributed by atoms with Crippen molar-refractivity contribution in [3.05, 3.63) is 51.8 Å². The number of pyridine rings is 1. The third-order valence-electron chi connectivity index (χ3n) is 3.54. The summed E-state index contributed by atoms with van der Waals surface area (Å²) < 4.78 is 40.9. The summed E-state index contributed by atoms with van der Waals surface area (Å²) in [6.45, 7) is 2.76. The second kappa shape index (κ2) is 6.22. The zero-order valence-corrected chi connectivity index (χ0v) is 13.6. The molecular weight excluding hydrogens is 354 g/mol. The molecule has 0 spiro atoms. The van der Waals surface area contributed by atoms with E-state index >= 15 is 0 Å². The fraction of sp³-hybridized carbons (Fsp3) is 0.357. The average molecular weight is 366 g/mol. The summed E-state index contributed by atoms with van der Waals surface area (Å²) in [6, 6.07) is 2.59. The molecule has 0 fully saturated rings. The van der Waals surface area contributed by atoms with Crippen molar-refractivity contribution in [3.63, 3.8) is 0 Å². The number of halogens is 5. The molecule has 0 saturated heterocycles. The Labute approximate surface area is 140 Å². The predicted octanol–water partition coefficient (Wildman–Crippen LogP) is 4.04. The Balaban J connectivity index is 2.60. The van der Waals surface area contributed by atoms with Crippen LogP contribution in [0, 0.1) is 6.92 Å². The molecule has 2 rings (SSSR count). The van der Waals surface area contributed by atoms with E-state index in [1.54, 1.807) is 6.92 Å². The van der Waals surface area contributed by atoms with Crippen LogP contribution in [0.15, 0.2) is 24.5 Å². The lowest BCUT2D eigenvalue weighted by atomic mass is 9.81. The van der Waals surface area contributed by atoms with Crippen LogP contribution in [-0.4, -0.2) is 26.2 Å². The van der Waals surface area contributed by atoms with Gasteiger partial charge in [-0.1, -0.05) is 36.2 Å². The topological polar surface area (TPSA) is 58.9 Å². The van der Waals surface area contributed by atoms with Crippen LogP contribution in [0.3, 0.4) is 0 Å². The molecule has 0 radical (unpaired) electrons. The van der Waals surface area contributed by atoms with Crippen LogP contribution in [0.2, 0.25) is 10.3 Å². The summed E-state index contributed by atoms with van der Waals surface area (Å²) in [7, 11) is 0. The molecular formula is C14H12Cl2F3N3O. The van der Waals surface area contributed by atoms with Crippen molar-refractivity contribution in [2.45, 2.75) is 31.5 Å². The molecule has 2 atom stereocenters. The van der Waals surface area contributed by atoms with Crippen molar-refractivity contribution < 1.29 is 18.3 Å². The maximum Gasteiger partial charge on any atom is 0.423 e. The third kappa shape index (κ3) is 3.27. The number of alkyl halides is 3. The molecule has 0 amide bonds. The molecule has 2 unspecified atom stereocenters. The normalized spacial score (nSPS) is 16.0. The van der Waals surface area contributed by atoms with E-state index in [1.165, 1.54) is 19.1 Å². The Kier molecular flexibility index (Phi) is 4.84. The van der Waals surface area contributed by atoms with E-state index in [0.717, 1.165) is 12.4 Å².